The van der Waals surface area contributed by atoms with Gasteiger partial charge in [0.2, 0.25) is 5.91 Å². The van der Waals surface area contributed by atoms with Crippen molar-refractivity contribution >= 4 is 17.5 Å². The van der Waals surface area contributed by atoms with Gasteiger partial charge in [-0.25, -0.2) is 0 Å². The van der Waals surface area contributed by atoms with Crippen molar-refractivity contribution in [2.75, 3.05) is 18.4 Å². The highest BCUT2D eigenvalue weighted by Gasteiger charge is 2.40. The van der Waals surface area contributed by atoms with Crippen LogP contribution in [0.15, 0.2) is 36.4 Å². The second-order valence-electron chi connectivity index (χ2n) is 8.00. The molecule has 3 fully saturated rings. The number of nitrogens with zero attached hydrogens (tertiary/aromatic N) is 2. The summed E-state index contributed by atoms with van der Waals surface area (Å²) >= 11 is 0. The molecular formula is C22H28N4O2. The Morgan fingerprint density at radius 3 is 2.46 bits per heavy atom. The highest BCUT2D eigenvalue weighted by molar-refractivity contribution is 5.96. The smallest absolute Gasteiger partial charge is 0.268 e. The fourth-order valence-electron chi connectivity index (χ4n) is 4.79. The van der Waals surface area contributed by atoms with Gasteiger partial charge in [0.05, 0.1) is 11.4 Å². The molecule has 0 unspecified atom stereocenters. The van der Waals surface area contributed by atoms with Crippen LogP contribution < -0.4 is 10.6 Å². The molecule has 4 heterocycles. The largest absolute Gasteiger partial charge is 0.346 e. The number of carbonyl (C=O) groups excluding carboxylic acids is 2. The van der Waals surface area contributed by atoms with E-state index in [1.54, 1.807) is 0 Å². The monoisotopic (exact) mass is 380 g/mol. The minimum absolute atomic E-state index is 0.0311. The van der Waals surface area contributed by atoms with E-state index in [0.29, 0.717) is 17.7 Å². The first-order chi connectivity index (χ1) is 13.5. The number of para-hydroxylation sites is 1. The van der Waals surface area contributed by atoms with Crippen LogP contribution in [0.3, 0.4) is 0 Å². The normalized spacial score (nSPS) is 26.1. The van der Waals surface area contributed by atoms with Crippen molar-refractivity contribution in [2.45, 2.75) is 38.8 Å². The van der Waals surface area contributed by atoms with Crippen LogP contribution in [0.1, 0.15) is 37.2 Å². The van der Waals surface area contributed by atoms with Gasteiger partial charge in [-0.2, -0.15) is 0 Å². The molecule has 2 atom stereocenters. The number of fused-ring (bicyclic) bond motifs is 3. The molecule has 5 rings (SSSR count). The Morgan fingerprint density at radius 1 is 1.07 bits per heavy atom. The minimum Gasteiger partial charge on any atom is -0.346 e. The Morgan fingerprint density at radius 2 is 1.79 bits per heavy atom. The van der Waals surface area contributed by atoms with E-state index < -0.39 is 0 Å². The van der Waals surface area contributed by atoms with Gasteiger partial charge in [0.1, 0.15) is 5.69 Å². The summed E-state index contributed by atoms with van der Waals surface area (Å²) in [6.45, 7) is 6.00. The molecule has 28 heavy (non-hydrogen) atoms. The van der Waals surface area contributed by atoms with Crippen LogP contribution in [0.5, 0.6) is 0 Å². The molecule has 2 N–H and O–H groups in total. The number of carbonyl (C=O) groups is 2. The lowest BCUT2D eigenvalue weighted by Crippen LogP contribution is -2.62. The Balaban J connectivity index is 1.57. The van der Waals surface area contributed by atoms with Gasteiger partial charge in [-0.05, 0) is 57.0 Å². The molecule has 1 aromatic carbocycles. The molecule has 6 heteroatoms. The van der Waals surface area contributed by atoms with E-state index in [-0.39, 0.29) is 17.9 Å². The van der Waals surface area contributed by atoms with Gasteiger partial charge in [-0.1, -0.05) is 18.2 Å². The standard InChI is InChI=1S/C22H28N4O2/c1-14-21(16-10-12-26(14)13-11-16)24-22(28)20-9-8-19(25(20)3)17-6-4-5-7-18(17)23-15(2)27/h4-9,14,16,21H,10-13H2,1-3H3,(H,23,27)(H,24,28)/t14-,21+/m1/s1. The summed E-state index contributed by atoms with van der Waals surface area (Å²) in [5.74, 6) is 0.427. The zero-order valence-corrected chi connectivity index (χ0v) is 16.7. The van der Waals surface area contributed by atoms with Crippen molar-refractivity contribution in [1.82, 2.24) is 14.8 Å². The molecule has 2 amide bonds. The third kappa shape index (κ3) is 3.33. The first kappa shape index (κ1) is 18.7. The van der Waals surface area contributed by atoms with Crippen LogP contribution in [0.4, 0.5) is 5.69 Å². The lowest BCUT2D eigenvalue weighted by molar-refractivity contribution is -0.114. The van der Waals surface area contributed by atoms with Gasteiger partial charge in [-0.15, -0.1) is 0 Å². The molecule has 0 saturated carbocycles. The fraction of sp³-hybridized carbons (Fsp3) is 0.455. The predicted octanol–water partition coefficient (Wildman–Crippen LogP) is 2.86. The average Bonchev–Trinajstić information content (AvgIpc) is 3.06. The first-order valence-electron chi connectivity index (χ1n) is 10.0. The molecule has 1 aromatic heterocycles. The summed E-state index contributed by atoms with van der Waals surface area (Å²) in [5.41, 5.74) is 3.18. The lowest BCUT2D eigenvalue weighted by atomic mass is 9.79. The Bertz CT molecular complexity index is 894. The zero-order valence-electron chi connectivity index (χ0n) is 16.7. The number of piperidine rings is 3. The van der Waals surface area contributed by atoms with Crippen LogP contribution in [0.2, 0.25) is 0 Å². The van der Waals surface area contributed by atoms with E-state index in [1.165, 1.54) is 6.92 Å². The SMILES string of the molecule is CC(=O)Nc1ccccc1-c1ccc(C(=O)N[C@@H]2C3CCN(CC3)[C@@H]2C)n1C. The molecular weight excluding hydrogens is 352 g/mol. The second-order valence-corrected chi connectivity index (χ2v) is 8.00. The molecule has 2 bridgehead atoms. The van der Waals surface area contributed by atoms with Crippen LogP contribution in [0.25, 0.3) is 11.3 Å². The van der Waals surface area contributed by atoms with Crippen molar-refractivity contribution in [3.8, 4) is 11.3 Å². The van der Waals surface area contributed by atoms with E-state index >= 15 is 0 Å². The number of hydrogen-bond acceptors (Lipinski definition) is 3. The Kier molecular flexibility index (Phi) is 4.98. The molecule has 2 aromatic rings. The minimum atomic E-state index is -0.115. The molecule has 0 spiro atoms. The Hall–Kier alpha value is -2.60. The summed E-state index contributed by atoms with van der Waals surface area (Å²) < 4.78 is 1.90. The number of anilines is 1. The number of aromatic nitrogens is 1. The molecule has 3 aliphatic rings. The summed E-state index contributed by atoms with van der Waals surface area (Å²) in [6.07, 6.45) is 2.33. The van der Waals surface area contributed by atoms with Gasteiger partial charge in [0, 0.05) is 31.6 Å². The van der Waals surface area contributed by atoms with Gasteiger partial charge in [-0.3, -0.25) is 14.5 Å². The van der Waals surface area contributed by atoms with Gasteiger partial charge in [0.25, 0.3) is 5.91 Å². The maximum atomic E-state index is 13.0. The summed E-state index contributed by atoms with van der Waals surface area (Å²) in [5, 5.41) is 6.17. The van der Waals surface area contributed by atoms with Crippen LogP contribution in [0, 0.1) is 5.92 Å². The predicted molar refractivity (Wildman–Crippen MR) is 110 cm³/mol. The summed E-state index contributed by atoms with van der Waals surface area (Å²) in [6, 6.07) is 12.0. The highest BCUT2D eigenvalue weighted by Crippen LogP contribution is 2.33. The number of hydrogen-bond donors (Lipinski definition) is 2. The van der Waals surface area contributed by atoms with E-state index in [9.17, 15) is 9.59 Å². The maximum absolute atomic E-state index is 13.0. The molecule has 148 valence electrons. The number of rotatable bonds is 4. The number of nitrogens with one attached hydrogen (secondary N) is 2. The van der Waals surface area contributed by atoms with E-state index in [1.807, 2.05) is 48.0 Å². The van der Waals surface area contributed by atoms with Crippen LogP contribution in [-0.4, -0.2) is 46.5 Å². The quantitative estimate of drug-likeness (QED) is 0.857. The van der Waals surface area contributed by atoms with Crippen molar-refractivity contribution in [1.29, 1.82) is 0 Å². The average molecular weight is 380 g/mol. The van der Waals surface area contributed by atoms with Crippen LogP contribution in [-0.2, 0) is 11.8 Å². The Labute approximate surface area is 165 Å². The second kappa shape index (κ2) is 7.43. The van der Waals surface area contributed by atoms with Gasteiger partial charge >= 0.3 is 0 Å². The molecule has 0 aliphatic carbocycles. The third-order valence-corrected chi connectivity index (χ3v) is 6.34. The first-order valence-corrected chi connectivity index (χ1v) is 10.0. The van der Waals surface area contributed by atoms with Crippen molar-refractivity contribution < 1.29 is 9.59 Å². The summed E-state index contributed by atoms with van der Waals surface area (Å²) in [7, 11) is 1.90. The lowest BCUT2D eigenvalue weighted by Gasteiger charge is -2.49. The molecule has 3 saturated heterocycles. The van der Waals surface area contributed by atoms with Gasteiger partial charge in [0.15, 0.2) is 0 Å². The van der Waals surface area contributed by atoms with Gasteiger partial charge < -0.3 is 15.2 Å². The van der Waals surface area contributed by atoms with Crippen molar-refractivity contribution in [2.24, 2.45) is 13.0 Å². The molecule has 0 radical (unpaired) electrons. The third-order valence-electron chi connectivity index (χ3n) is 6.34. The van der Waals surface area contributed by atoms with Crippen molar-refractivity contribution in [3.05, 3.63) is 42.1 Å². The highest BCUT2D eigenvalue weighted by atomic mass is 16.2. The molecule has 3 aliphatic heterocycles. The van der Waals surface area contributed by atoms with E-state index in [4.69, 9.17) is 0 Å². The zero-order chi connectivity index (χ0) is 19.8. The summed E-state index contributed by atoms with van der Waals surface area (Å²) in [4.78, 5) is 27.0. The fourth-order valence-corrected chi connectivity index (χ4v) is 4.79. The number of benzene rings is 1. The van der Waals surface area contributed by atoms with E-state index in [2.05, 4.69) is 22.5 Å². The number of amides is 2. The van der Waals surface area contributed by atoms with Crippen LogP contribution >= 0.6 is 0 Å². The topological polar surface area (TPSA) is 66.4 Å². The molecule has 6 nitrogen and oxygen atoms in total. The van der Waals surface area contributed by atoms with E-state index in [0.717, 1.165) is 42.9 Å². The maximum Gasteiger partial charge on any atom is 0.268 e. The van der Waals surface area contributed by atoms with Crippen molar-refractivity contribution in [3.63, 3.8) is 0 Å².